The van der Waals surface area contributed by atoms with Crippen molar-refractivity contribution in [1.82, 2.24) is 10.3 Å². The summed E-state index contributed by atoms with van der Waals surface area (Å²) in [5.41, 5.74) is 1.25. The molecule has 0 saturated heterocycles. The summed E-state index contributed by atoms with van der Waals surface area (Å²) in [5, 5.41) is 4.25. The second kappa shape index (κ2) is 6.36. The first-order chi connectivity index (χ1) is 8.29. The third-order valence-electron chi connectivity index (χ3n) is 3.81. The van der Waals surface area contributed by atoms with Crippen molar-refractivity contribution in [1.29, 1.82) is 0 Å². The molecule has 2 atom stereocenters. The minimum absolute atomic E-state index is 0.683. The van der Waals surface area contributed by atoms with Crippen LogP contribution >= 0.6 is 11.6 Å². The molecule has 0 aromatic carbocycles. The summed E-state index contributed by atoms with van der Waals surface area (Å²) in [6.45, 7) is 0. The molecule has 94 valence electrons. The van der Waals surface area contributed by atoms with E-state index in [2.05, 4.69) is 23.4 Å². The van der Waals surface area contributed by atoms with Crippen LogP contribution in [0.4, 0.5) is 0 Å². The molecule has 17 heavy (non-hydrogen) atoms. The van der Waals surface area contributed by atoms with Crippen molar-refractivity contribution in [2.45, 2.75) is 44.6 Å². The van der Waals surface area contributed by atoms with E-state index >= 15 is 0 Å². The number of pyridine rings is 1. The summed E-state index contributed by atoms with van der Waals surface area (Å²) < 4.78 is 0. The van der Waals surface area contributed by atoms with Gasteiger partial charge in [0.1, 0.15) is 0 Å². The summed E-state index contributed by atoms with van der Waals surface area (Å²) >= 11 is 6.18. The summed E-state index contributed by atoms with van der Waals surface area (Å²) in [4.78, 5) is 4.04. The monoisotopic (exact) mass is 252 g/mol. The molecule has 1 aromatic rings. The molecule has 1 N–H and O–H groups in total. The second-order valence-corrected chi connectivity index (χ2v) is 5.45. The van der Waals surface area contributed by atoms with E-state index in [1.165, 1.54) is 37.7 Å². The van der Waals surface area contributed by atoms with E-state index in [4.69, 9.17) is 11.6 Å². The van der Waals surface area contributed by atoms with Crippen LogP contribution in [0.3, 0.4) is 0 Å². The average molecular weight is 253 g/mol. The first kappa shape index (κ1) is 12.8. The van der Waals surface area contributed by atoms with Crippen molar-refractivity contribution in [2.24, 2.45) is 5.92 Å². The highest BCUT2D eigenvalue weighted by atomic mass is 35.5. The number of hydrogen-bond donors (Lipinski definition) is 1. The van der Waals surface area contributed by atoms with Crippen LogP contribution in [0.2, 0.25) is 5.02 Å². The Bertz CT molecular complexity index is 354. The molecule has 1 saturated carbocycles. The van der Waals surface area contributed by atoms with Crippen LogP contribution in [0.5, 0.6) is 0 Å². The molecule has 1 heterocycles. The second-order valence-electron chi connectivity index (χ2n) is 5.04. The Morgan fingerprint density at radius 1 is 1.41 bits per heavy atom. The van der Waals surface area contributed by atoms with E-state index in [9.17, 15) is 0 Å². The van der Waals surface area contributed by atoms with E-state index in [1.54, 1.807) is 6.20 Å². The largest absolute Gasteiger partial charge is 0.317 e. The number of rotatable bonds is 3. The predicted octanol–water partition coefficient (Wildman–Crippen LogP) is 3.45. The molecule has 0 radical (unpaired) electrons. The highest BCUT2D eigenvalue weighted by molar-refractivity contribution is 6.31. The molecule has 3 heteroatoms. The molecule has 2 unspecified atom stereocenters. The highest BCUT2D eigenvalue weighted by Gasteiger charge is 2.19. The Balaban J connectivity index is 2.00. The molecule has 0 aliphatic heterocycles. The highest BCUT2D eigenvalue weighted by Crippen LogP contribution is 2.28. The lowest BCUT2D eigenvalue weighted by Gasteiger charge is -2.19. The van der Waals surface area contributed by atoms with Crippen LogP contribution < -0.4 is 5.32 Å². The Morgan fingerprint density at radius 2 is 2.24 bits per heavy atom. The number of halogens is 1. The molecular weight excluding hydrogens is 232 g/mol. The summed E-state index contributed by atoms with van der Waals surface area (Å²) in [7, 11) is 2.08. The van der Waals surface area contributed by atoms with Gasteiger partial charge in [0.25, 0.3) is 0 Å². The van der Waals surface area contributed by atoms with Crippen molar-refractivity contribution in [2.75, 3.05) is 7.05 Å². The van der Waals surface area contributed by atoms with Crippen LogP contribution in [-0.2, 0) is 6.42 Å². The Kier molecular flexibility index (Phi) is 4.81. The maximum atomic E-state index is 6.18. The fraction of sp³-hybridized carbons (Fsp3) is 0.643. The minimum atomic E-state index is 0.683. The zero-order valence-corrected chi connectivity index (χ0v) is 11.2. The van der Waals surface area contributed by atoms with Crippen LogP contribution in [0.1, 0.15) is 37.7 Å². The van der Waals surface area contributed by atoms with Gasteiger partial charge in [-0.05, 0) is 43.9 Å². The van der Waals surface area contributed by atoms with Gasteiger partial charge < -0.3 is 5.32 Å². The number of aromatic nitrogens is 1. The van der Waals surface area contributed by atoms with Crippen molar-refractivity contribution in [3.05, 3.63) is 29.0 Å². The van der Waals surface area contributed by atoms with Gasteiger partial charge in [0.05, 0.1) is 5.02 Å². The smallest absolute Gasteiger partial charge is 0.0621 e. The molecule has 2 rings (SSSR count). The van der Waals surface area contributed by atoms with E-state index in [0.29, 0.717) is 6.04 Å². The summed E-state index contributed by atoms with van der Waals surface area (Å²) in [6, 6.07) is 2.74. The van der Waals surface area contributed by atoms with Crippen LogP contribution in [0, 0.1) is 5.92 Å². The van der Waals surface area contributed by atoms with Crippen molar-refractivity contribution in [3.63, 3.8) is 0 Å². The third-order valence-corrected chi connectivity index (χ3v) is 4.15. The van der Waals surface area contributed by atoms with Crippen LogP contribution in [0.25, 0.3) is 0 Å². The van der Waals surface area contributed by atoms with Crippen molar-refractivity contribution >= 4 is 11.6 Å². The molecule has 1 aliphatic carbocycles. The van der Waals surface area contributed by atoms with Crippen molar-refractivity contribution < 1.29 is 0 Å². The SMILES string of the molecule is CNC1CCCCC(Cc2ccncc2Cl)C1. The molecule has 1 aromatic heterocycles. The average Bonchev–Trinajstić information content (AvgIpc) is 2.57. The van der Waals surface area contributed by atoms with Gasteiger partial charge in [0.15, 0.2) is 0 Å². The van der Waals surface area contributed by atoms with E-state index in [-0.39, 0.29) is 0 Å². The number of hydrogen-bond acceptors (Lipinski definition) is 2. The lowest BCUT2D eigenvalue weighted by Crippen LogP contribution is -2.26. The van der Waals surface area contributed by atoms with Gasteiger partial charge >= 0.3 is 0 Å². The molecular formula is C14H21ClN2. The fourth-order valence-corrected chi connectivity index (χ4v) is 2.99. The standard InChI is InChI=1S/C14H21ClN2/c1-16-13-5-3-2-4-11(9-13)8-12-6-7-17-10-14(12)15/h6-7,10-11,13,16H,2-5,8-9H2,1H3. The summed E-state index contributed by atoms with van der Waals surface area (Å²) in [5.74, 6) is 0.759. The molecule has 0 bridgehead atoms. The van der Waals surface area contributed by atoms with Gasteiger partial charge in [0, 0.05) is 18.4 Å². The van der Waals surface area contributed by atoms with Gasteiger partial charge in [-0.1, -0.05) is 30.9 Å². The predicted molar refractivity (Wildman–Crippen MR) is 72.4 cm³/mol. The zero-order valence-electron chi connectivity index (χ0n) is 10.5. The lowest BCUT2D eigenvalue weighted by atomic mass is 9.91. The maximum absolute atomic E-state index is 6.18. The van der Waals surface area contributed by atoms with Crippen LogP contribution in [0.15, 0.2) is 18.5 Å². The third kappa shape index (κ3) is 3.68. The van der Waals surface area contributed by atoms with Gasteiger partial charge in [-0.25, -0.2) is 0 Å². The van der Waals surface area contributed by atoms with Gasteiger partial charge in [-0.3, -0.25) is 4.98 Å². The van der Waals surface area contributed by atoms with E-state index in [0.717, 1.165) is 17.4 Å². The Morgan fingerprint density at radius 3 is 3.00 bits per heavy atom. The van der Waals surface area contributed by atoms with E-state index in [1.807, 2.05) is 6.20 Å². The Labute approximate surface area is 109 Å². The first-order valence-electron chi connectivity index (χ1n) is 6.55. The lowest BCUT2D eigenvalue weighted by molar-refractivity contribution is 0.400. The minimum Gasteiger partial charge on any atom is -0.317 e. The van der Waals surface area contributed by atoms with E-state index < -0.39 is 0 Å². The Hall–Kier alpha value is -0.600. The topological polar surface area (TPSA) is 24.9 Å². The molecule has 1 fully saturated rings. The van der Waals surface area contributed by atoms with Crippen molar-refractivity contribution in [3.8, 4) is 0 Å². The van der Waals surface area contributed by atoms with Gasteiger partial charge in [-0.15, -0.1) is 0 Å². The van der Waals surface area contributed by atoms with Crippen LogP contribution in [-0.4, -0.2) is 18.1 Å². The molecule has 1 aliphatic rings. The number of nitrogens with zero attached hydrogens (tertiary/aromatic N) is 1. The number of nitrogens with one attached hydrogen (secondary N) is 1. The normalized spacial score (nSPS) is 25.5. The molecule has 0 spiro atoms. The maximum Gasteiger partial charge on any atom is 0.0621 e. The fourth-order valence-electron chi connectivity index (χ4n) is 2.79. The zero-order chi connectivity index (χ0) is 12.1. The quantitative estimate of drug-likeness (QED) is 0.834. The van der Waals surface area contributed by atoms with Gasteiger partial charge in [-0.2, -0.15) is 0 Å². The molecule has 0 amide bonds. The molecule has 2 nitrogen and oxygen atoms in total. The summed E-state index contributed by atoms with van der Waals surface area (Å²) in [6.07, 6.45) is 11.3. The van der Waals surface area contributed by atoms with Gasteiger partial charge in [0.2, 0.25) is 0 Å². The first-order valence-corrected chi connectivity index (χ1v) is 6.93.